The number of thiophene rings is 1. The van der Waals surface area contributed by atoms with Gasteiger partial charge >= 0.3 is 0 Å². The number of methoxy groups -OCH3 is 1. The van der Waals surface area contributed by atoms with Gasteiger partial charge in [0, 0.05) is 4.88 Å². The van der Waals surface area contributed by atoms with Crippen LogP contribution in [0.4, 0.5) is 0 Å². The first-order valence-electron chi connectivity index (χ1n) is 5.78. The highest BCUT2D eigenvalue weighted by molar-refractivity contribution is 7.71. The van der Waals surface area contributed by atoms with Crippen LogP contribution in [0.1, 0.15) is 0 Å². The lowest BCUT2D eigenvalue weighted by molar-refractivity contribution is 0.415. The number of H-pyrrole nitrogens is 1. The Labute approximate surface area is 123 Å². The van der Waals surface area contributed by atoms with Crippen LogP contribution < -0.4 is 16.1 Å². The molecule has 0 atom stereocenters. The number of rotatable bonds is 2. The number of nitrogens with one attached hydrogen (secondary N) is 1. The van der Waals surface area contributed by atoms with Crippen molar-refractivity contribution >= 4 is 33.8 Å². The van der Waals surface area contributed by atoms with E-state index in [2.05, 4.69) is 4.98 Å². The molecule has 2 heterocycles. The highest BCUT2D eigenvalue weighted by Gasteiger charge is 2.10. The molecule has 5 nitrogen and oxygen atoms in total. The van der Waals surface area contributed by atoms with Crippen LogP contribution in [-0.2, 0) is 0 Å². The van der Waals surface area contributed by atoms with Crippen LogP contribution in [0.25, 0.3) is 20.7 Å². The van der Waals surface area contributed by atoms with Gasteiger partial charge in [0.25, 0.3) is 5.56 Å². The van der Waals surface area contributed by atoms with Crippen molar-refractivity contribution in [2.45, 2.75) is 0 Å². The van der Waals surface area contributed by atoms with Gasteiger partial charge in [0.1, 0.15) is 10.4 Å². The van der Waals surface area contributed by atoms with E-state index < -0.39 is 0 Å². The Morgan fingerprint density at radius 3 is 2.70 bits per heavy atom. The van der Waals surface area contributed by atoms with Gasteiger partial charge in [-0.3, -0.25) is 4.79 Å². The normalized spacial score (nSPS) is 10.8. The van der Waals surface area contributed by atoms with E-state index in [9.17, 15) is 4.79 Å². The number of benzene rings is 1. The number of fused-ring (bicyclic) bond motifs is 1. The summed E-state index contributed by atoms with van der Waals surface area (Å²) in [5.41, 5.74) is 1.43. The summed E-state index contributed by atoms with van der Waals surface area (Å²) in [5.74, 6) is 6.38. The number of nitrogen functional groups attached to an aromatic ring is 1. The summed E-state index contributed by atoms with van der Waals surface area (Å²) in [5, 5.41) is 0. The Hall–Kier alpha value is -2.12. The topological polar surface area (TPSA) is 73.0 Å². The molecule has 2 aromatic heterocycles. The lowest BCUT2D eigenvalue weighted by atomic mass is 10.2. The molecule has 3 rings (SSSR count). The average molecular weight is 305 g/mol. The molecule has 0 aliphatic rings. The maximum absolute atomic E-state index is 12.0. The molecule has 0 unspecified atom stereocenters. The number of ether oxygens (including phenoxy) is 1. The van der Waals surface area contributed by atoms with Crippen LogP contribution in [0, 0.1) is 4.77 Å². The molecule has 0 spiro atoms. The highest BCUT2D eigenvalue weighted by atomic mass is 32.1. The van der Waals surface area contributed by atoms with Crippen molar-refractivity contribution in [3.63, 3.8) is 0 Å². The van der Waals surface area contributed by atoms with Gasteiger partial charge in [-0.05, 0) is 48.1 Å². The van der Waals surface area contributed by atoms with Crippen molar-refractivity contribution in [2.75, 3.05) is 13.0 Å². The molecule has 0 radical (unpaired) electrons. The SMILES string of the molecule is COc1ccc(-c2cc3[nH]c(=S)n(N)c(=O)c3s2)cc1. The Morgan fingerprint density at radius 2 is 2.05 bits per heavy atom. The fraction of sp³-hybridized carbons (Fsp3) is 0.0769. The third-order valence-corrected chi connectivity index (χ3v) is 4.45. The third-order valence-electron chi connectivity index (χ3n) is 2.98. The molecule has 3 N–H and O–H groups in total. The second kappa shape index (κ2) is 4.77. The van der Waals surface area contributed by atoms with Crippen LogP contribution in [0.3, 0.4) is 0 Å². The molecule has 1 aromatic carbocycles. The summed E-state index contributed by atoms with van der Waals surface area (Å²) in [6.45, 7) is 0. The van der Waals surface area contributed by atoms with Gasteiger partial charge in [-0.2, -0.15) is 4.68 Å². The van der Waals surface area contributed by atoms with Crippen LogP contribution in [0.5, 0.6) is 5.75 Å². The second-order valence-corrected chi connectivity index (χ2v) is 5.63. The van der Waals surface area contributed by atoms with Crippen molar-refractivity contribution < 1.29 is 4.74 Å². The lowest BCUT2D eigenvalue weighted by Gasteiger charge is -2.00. The number of aromatic nitrogens is 2. The maximum Gasteiger partial charge on any atom is 0.290 e. The van der Waals surface area contributed by atoms with Gasteiger partial charge in [-0.25, -0.2) is 0 Å². The Bertz CT molecular complexity index is 891. The molecular formula is C13H11N3O2S2. The molecule has 3 aromatic rings. The molecule has 0 aliphatic carbocycles. The second-order valence-electron chi connectivity index (χ2n) is 4.19. The first-order chi connectivity index (χ1) is 9.60. The zero-order valence-electron chi connectivity index (χ0n) is 10.5. The minimum absolute atomic E-state index is 0.210. The van der Waals surface area contributed by atoms with Crippen LogP contribution >= 0.6 is 23.6 Å². The Balaban J connectivity index is 2.20. The number of hydrogen-bond donors (Lipinski definition) is 2. The molecule has 102 valence electrons. The molecule has 0 bridgehead atoms. The first-order valence-corrected chi connectivity index (χ1v) is 7.01. The Morgan fingerprint density at radius 1 is 1.35 bits per heavy atom. The number of nitrogens with zero attached hydrogens (tertiary/aromatic N) is 1. The fourth-order valence-corrected chi connectivity index (χ4v) is 3.17. The van der Waals surface area contributed by atoms with Crippen LogP contribution in [0.15, 0.2) is 35.1 Å². The molecule has 0 amide bonds. The monoisotopic (exact) mass is 305 g/mol. The van der Waals surface area contributed by atoms with E-state index in [-0.39, 0.29) is 10.3 Å². The van der Waals surface area contributed by atoms with Gasteiger partial charge < -0.3 is 15.6 Å². The molecule has 0 saturated heterocycles. The zero-order valence-corrected chi connectivity index (χ0v) is 12.2. The van der Waals surface area contributed by atoms with Gasteiger partial charge in [-0.15, -0.1) is 11.3 Å². The largest absolute Gasteiger partial charge is 0.497 e. The van der Waals surface area contributed by atoms with Crippen molar-refractivity contribution in [3.8, 4) is 16.2 Å². The minimum atomic E-state index is -0.284. The van der Waals surface area contributed by atoms with Crippen LogP contribution in [-0.4, -0.2) is 16.8 Å². The lowest BCUT2D eigenvalue weighted by Crippen LogP contribution is -2.27. The maximum atomic E-state index is 12.0. The van der Waals surface area contributed by atoms with E-state index in [4.69, 9.17) is 22.8 Å². The summed E-state index contributed by atoms with van der Waals surface area (Å²) in [6, 6.07) is 9.55. The first kappa shape index (κ1) is 12.9. The average Bonchev–Trinajstić information content (AvgIpc) is 2.89. The quantitative estimate of drug-likeness (QED) is 0.563. The summed E-state index contributed by atoms with van der Waals surface area (Å²) in [7, 11) is 1.62. The van der Waals surface area contributed by atoms with Crippen molar-refractivity contribution in [3.05, 3.63) is 45.5 Å². The molecule has 7 heteroatoms. The van der Waals surface area contributed by atoms with E-state index in [1.165, 1.54) is 11.3 Å². The molecule has 0 aliphatic heterocycles. The van der Waals surface area contributed by atoms with Crippen molar-refractivity contribution in [1.82, 2.24) is 9.66 Å². The summed E-state index contributed by atoms with van der Waals surface area (Å²) in [4.78, 5) is 16.0. The van der Waals surface area contributed by atoms with E-state index in [0.717, 1.165) is 20.9 Å². The molecule has 20 heavy (non-hydrogen) atoms. The van der Waals surface area contributed by atoms with Crippen molar-refractivity contribution in [1.29, 1.82) is 0 Å². The minimum Gasteiger partial charge on any atom is -0.497 e. The molecule has 0 fully saturated rings. The third kappa shape index (κ3) is 2.00. The van der Waals surface area contributed by atoms with E-state index in [1.54, 1.807) is 7.11 Å². The van der Waals surface area contributed by atoms with Crippen LogP contribution in [0.2, 0.25) is 0 Å². The fourth-order valence-electron chi connectivity index (χ4n) is 1.92. The number of aromatic amines is 1. The summed E-state index contributed by atoms with van der Waals surface area (Å²) in [6.07, 6.45) is 0. The Kier molecular flexibility index (Phi) is 3.07. The standard InChI is InChI=1S/C13H11N3O2S2/c1-18-8-4-2-7(3-5-8)10-6-9-11(20-10)12(17)16(14)13(19)15-9/h2-6H,14H2,1H3,(H,15,19). The smallest absolute Gasteiger partial charge is 0.290 e. The highest BCUT2D eigenvalue weighted by Crippen LogP contribution is 2.31. The predicted molar refractivity (Wildman–Crippen MR) is 83.4 cm³/mol. The molecular weight excluding hydrogens is 294 g/mol. The summed E-state index contributed by atoms with van der Waals surface area (Å²) >= 11 is 6.38. The van der Waals surface area contributed by atoms with Crippen molar-refractivity contribution in [2.24, 2.45) is 0 Å². The van der Waals surface area contributed by atoms with Gasteiger partial charge in [0.2, 0.25) is 0 Å². The van der Waals surface area contributed by atoms with E-state index in [0.29, 0.717) is 10.2 Å². The number of nitrogens with two attached hydrogens (primary N) is 1. The zero-order chi connectivity index (χ0) is 14.3. The van der Waals surface area contributed by atoms with Gasteiger partial charge in [0.05, 0.1) is 12.6 Å². The predicted octanol–water partition coefficient (Wildman–Crippen LogP) is 2.51. The number of hydrogen-bond acceptors (Lipinski definition) is 5. The van der Waals surface area contributed by atoms with E-state index >= 15 is 0 Å². The van der Waals surface area contributed by atoms with E-state index in [1.807, 2.05) is 30.3 Å². The molecule has 0 saturated carbocycles. The summed E-state index contributed by atoms with van der Waals surface area (Å²) < 4.78 is 6.85. The van der Waals surface area contributed by atoms with Gasteiger partial charge in [0.15, 0.2) is 4.77 Å². The van der Waals surface area contributed by atoms with Gasteiger partial charge in [-0.1, -0.05) is 0 Å².